The number of hydrogen-bond acceptors (Lipinski definition) is 5. The summed E-state index contributed by atoms with van der Waals surface area (Å²) in [5.74, 6) is -5.73. The van der Waals surface area contributed by atoms with E-state index in [-0.39, 0.29) is 18.6 Å². The maximum absolute atomic E-state index is 12.6. The Kier molecular flexibility index (Phi) is 5.10. The van der Waals surface area contributed by atoms with Crippen LogP contribution in [0.2, 0.25) is 0 Å². The molecule has 2 saturated heterocycles. The zero-order chi connectivity index (χ0) is 17.4. The molecule has 2 aliphatic rings. The normalized spacial score (nSPS) is 34.7. The lowest BCUT2D eigenvalue weighted by Crippen LogP contribution is -2.59. The number of ether oxygens (including phenoxy) is 1. The Balaban J connectivity index is 2.19. The number of carboxylic acids is 1. The van der Waals surface area contributed by atoms with Gasteiger partial charge in [0, 0.05) is 12.5 Å². The van der Waals surface area contributed by atoms with Crippen LogP contribution in [0.25, 0.3) is 0 Å². The van der Waals surface area contributed by atoms with Crippen LogP contribution in [0.1, 0.15) is 46.5 Å². The van der Waals surface area contributed by atoms with Crippen LogP contribution in [0, 0.1) is 11.8 Å². The summed E-state index contributed by atoms with van der Waals surface area (Å²) in [6, 6.07) is -1.00. The van der Waals surface area contributed by atoms with Crippen molar-refractivity contribution >= 4 is 17.7 Å². The summed E-state index contributed by atoms with van der Waals surface area (Å²) < 4.78 is 5.60. The van der Waals surface area contributed by atoms with E-state index in [2.05, 4.69) is 0 Å². The first kappa shape index (κ1) is 17.9. The van der Waals surface area contributed by atoms with Gasteiger partial charge in [-0.05, 0) is 31.6 Å². The van der Waals surface area contributed by atoms with Gasteiger partial charge >= 0.3 is 5.97 Å². The molecule has 0 saturated carbocycles. The van der Waals surface area contributed by atoms with Gasteiger partial charge in [0.05, 0.1) is 6.10 Å². The van der Waals surface area contributed by atoms with Gasteiger partial charge < -0.3 is 19.8 Å². The minimum Gasteiger partial charge on any atom is -0.480 e. The average Bonchev–Trinajstić information content (AvgIpc) is 2.98. The number of hydrogen-bond donors (Lipinski definition) is 2. The van der Waals surface area contributed by atoms with Crippen LogP contribution in [0.5, 0.6) is 0 Å². The number of carbonyl (C=O) groups excluding carboxylic acids is 2. The molecular weight excluding hydrogens is 302 g/mol. The van der Waals surface area contributed by atoms with Crippen LogP contribution in [-0.2, 0) is 19.1 Å². The number of aliphatic carboxylic acids is 1. The van der Waals surface area contributed by atoms with Crippen molar-refractivity contribution in [2.45, 2.75) is 64.4 Å². The molecule has 2 aliphatic heterocycles. The standard InChI is InChI=1S/C16H25NO6/c1-9(2)12-7-6-10(3)16(22,23-12)13(18)14(19)17-8-4-5-11(17)15(20)21/h9-12,22H,4-8H2,1-3H3,(H,20,21)/t10-,11+,12?,16-/m1/s1. The van der Waals surface area contributed by atoms with E-state index in [0.29, 0.717) is 25.7 Å². The lowest BCUT2D eigenvalue weighted by atomic mass is 9.84. The molecule has 7 nitrogen and oxygen atoms in total. The van der Waals surface area contributed by atoms with Crippen molar-refractivity contribution in [2.24, 2.45) is 11.8 Å². The van der Waals surface area contributed by atoms with Gasteiger partial charge in [0.2, 0.25) is 5.79 Å². The second kappa shape index (κ2) is 6.57. The highest BCUT2D eigenvalue weighted by molar-refractivity contribution is 6.39. The molecule has 23 heavy (non-hydrogen) atoms. The Morgan fingerprint density at radius 3 is 2.43 bits per heavy atom. The third-order valence-electron chi connectivity index (χ3n) is 4.95. The molecule has 2 rings (SSSR count). The minimum absolute atomic E-state index is 0.107. The quantitative estimate of drug-likeness (QED) is 0.740. The molecule has 2 fully saturated rings. The molecule has 2 N–H and O–H groups in total. The molecule has 7 heteroatoms. The van der Waals surface area contributed by atoms with Crippen LogP contribution in [0.4, 0.5) is 0 Å². The molecule has 0 aliphatic carbocycles. The predicted octanol–water partition coefficient (Wildman–Crippen LogP) is 0.791. The number of likely N-dealkylation sites (tertiary alicyclic amines) is 1. The second-order valence-corrected chi connectivity index (χ2v) is 6.90. The lowest BCUT2D eigenvalue weighted by molar-refractivity contribution is -0.269. The van der Waals surface area contributed by atoms with Crippen LogP contribution < -0.4 is 0 Å². The number of carboxylic acid groups (broad SMARTS) is 1. The van der Waals surface area contributed by atoms with E-state index in [1.54, 1.807) is 6.92 Å². The third kappa shape index (κ3) is 3.26. The Morgan fingerprint density at radius 2 is 1.87 bits per heavy atom. The topological polar surface area (TPSA) is 104 Å². The molecule has 0 spiro atoms. The van der Waals surface area contributed by atoms with E-state index < -0.39 is 35.4 Å². The molecule has 2 heterocycles. The van der Waals surface area contributed by atoms with Crippen molar-refractivity contribution < 1.29 is 29.3 Å². The summed E-state index contributed by atoms with van der Waals surface area (Å²) in [7, 11) is 0. The van der Waals surface area contributed by atoms with Crippen molar-refractivity contribution in [1.82, 2.24) is 4.90 Å². The van der Waals surface area contributed by atoms with Gasteiger partial charge in [0.25, 0.3) is 11.7 Å². The van der Waals surface area contributed by atoms with Gasteiger partial charge in [0.1, 0.15) is 6.04 Å². The number of rotatable bonds is 4. The van der Waals surface area contributed by atoms with E-state index in [0.717, 1.165) is 4.90 Å². The summed E-state index contributed by atoms with van der Waals surface area (Å²) in [5.41, 5.74) is 0. The number of ketones is 1. The van der Waals surface area contributed by atoms with E-state index >= 15 is 0 Å². The minimum atomic E-state index is -2.17. The summed E-state index contributed by atoms with van der Waals surface area (Å²) in [4.78, 5) is 37.3. The number of amides is 1. The molecule has 0 aromatic heterocycles. The molecule has 1 unspecified atom stereocenters. The van der Waals surface area contributed by atoms with Crippen LogP contribution in [-0.4, -0.2) is 57.3 Å². The Labute approximate surface area is 135 Å². The number of carbonyl (C=O) groups is 3. The van der Waals surface area contributed by atoms with Gasteiger partial charge in [0.15, 0.2) is 0 Å². The summed E-state index contributed by atoms with van der Waals surface area (Å²) in [5, 5.41) is 19.9. The highest BCUT2D eigenvalue weighted by atomic mass is 16.6. The summed E-state index contributed by atoms with van der Waals surface area (Å²) in [6.07, 6.45) is 1.82. The molecule has 0 bridgehead atoms. The number of Topliss-reactive ketones (excluding diaryl/α,β-unsaturated/α-hetero) is 1. The first-order valence-corrected chi connectivity index (χ1v) is 8.16. The number of nitrogens with zero attached hydrogens (tertiary/aromatic N) is 1. The Morgan fingerprint density at radius 1 is 1.22 bits per heavy atom. The Bertz CT molecular complexity index is 505. The fraction of sp³-hybridized carbons (Fsp3) is 0.812. The largest absolute Gasteiger partial charge is 0.480 e. The van der Waals surface area contributed by atoms with Crippen LogP contribution in [0.15, 0.2) is 0 Å². The first-order chi connectivity index (χ1) is 10.7. The average molecular weight is 327 g/mol. The molecule has 1 amide bonds. The zero-order valence-electron chi connectivity index (χ0n) is 13.8. The molecule has 0 aromatic rings. The molecular formula is C16H25NO6. The zero-order valence-corrected chi connectivity index (χ0v) is 13.8. The summed E-state index contributed by atoms with van der Waals surface area (Å²) >= 11 is 0. The van der Waals surface area contributed by atoms with Crippen molar-refractivity contribution in [1.29, 1.82) is 0 Å². The molecule has 0 aromatic carbocycles. The van der Waals surface area contributed by atoms with Crippen molar-refractivity contribution in [2.75, 3.05) is 6.54 Å². The lowest BCUT2D eigenvalue weighted by Gasteiger charge is -2.42. The smallest absolute Gasteiger partial charge is 0.326 e. The molecule has 4 atom stereocenters. The van der Waals surface area contributed by atoms with Gasteiger partial charge in [-0.3, -0.25) is 9.59 Å². The van der Waals surface area contributed by atoms with Crippen molar-refractivity contribution in [3.05, 3.63) is 0 Å². The van der Waals surface area contributed by atoms with Crippen molar-refractivity contribution in [3.63, 3.8) is 0 Å². The molecule has 130 valence electrons. The van der Waals surface area contributed by atoms with Crippen LogP contribution >= 0.6 is 0 Å². The Hall–Kier alpha value is -1.47. The van der Waals surface area contributed by atoms with E-state index in [1.807, 2.05) is 13.8 Å². The maximum atomic E-state index is 12.6. The maximum Gasteiger partial charge on any atom is 0.326 e. The highest BCUT2D eigenvalue weighted by Crippen LogP contribution is 2.36. The van der Waals surface area contributed by atoms with E-state index in [9.17, 15) is 19.5 Å². The monoisotopic (exact) mass is 327 g/mol. The van der Waals surface area contributed by atoms with E-state index in [1.165, 1.54) is 0 Å². The van der Waals surface area contributed by atoms with E-state index in [4.69, 9.17) is 9.84 Å². The third-order valence-corrected chi connectivity index (χ3v) is 4.95. The van der Waals surface area contributed by atoms with Gasteiger partial charge in [-0.1, -0.05) is 20.8 Å². The van der Waals surface area contributed by atoms with Crippen LogP contribution in [0.3, 0.4) is 0 Å². The fourth-order valence-corrected chi connectivity index (χ4v) is 3.31. The first-order valence-electron chi connectivity index (χ1n) is 8.16. The summed E-state index contributed by atoms with van der Waals surface area (Å²) in [6.45, 7) is 5.72. The van der Waals surface area contributed by atoms with Gasteiger partial charge in [-0.15, -0.1) is 0 Å². The van der Waals surface area contributed by atoms with Gasteiger partial charge in [-0.2, -0.15) is 0 Å². The number of aliphatic hydroxyl groups is 1. The predicted molar refractivity (Wildman–Crippen MR) is 80.4 cm³/mol. The van der Waals surface area contributed by atoms with Crippen molar-refractivity contribution in [3.8, 4) is 0 Å². The SMILES string of the molecule is CC(C)C1CC[C@@H](C)[C@](O)(C(=O)C(=O)N2CCC[C@H]2C(=O)O)O1. The van der Waals surface area contributed by atoms with Gasteiger partial charge in [-0.25, -0.2) is 4.79 Å². The molecule has 0 radical (unpaired) electrons. The second-order valence-electron chi connectivity index (χ2n) is 6.90. The highest BCUT2D eigenvalue weighted by Gasteiger charge is 2.53. The fourth-order valence-electron chi connectivity index (χ4n) is 3.31.